The molecule has 0 heterocycles. The Morgan fingerprint density at radius 1 is 1.00 bits per heavy atom. The summed E-state index contributed by atoms with van der Waals surface area (Å²) in [5.41, 5.74) is 1.38. The van der Waals surface area contributed by atoms with Crippen LogP contribution < -0.4 is 4.74 Å². The van der Waals surface area contributed by atoms with E-state index >= 15 is 0 Å². The van der Waals surface area contributed by atoms with Crippen LogP contribution in [0.2, 0.25) is 0 Å². The van der Waals surface area contributed by atoms with Gasteiger partial charge in [-0.3, -0.25) is 0 Å². The van der Waals surface area contributed by atoms with E-state index in [-0.39, 0.29) is 12.4 Å². The zero-order chi connectivity index (χ0) is 15.9. The second-order valence-corrected chi connectivity index (χ2v) is 6.95. The zero-order valence-corrected chi connectivity index (χ0v) is 14.7. The van der Waals surface area contributed by atoms with Crippen LogP contribution in [0.3, 0.4) is 0 Å². The second-order valence-electron chi connectivity index (χ2n) is 6.95. The minimum absolute atomic E-state index is 0.102. The van der Waals surface area contributed by atoms with E-state index in [0.717, 1.165) is 5.75 Å². The highest BCUT2D eigenvalue weighted by atomic mass is 16.7. The molecular formula is C20H32O2. The van der Waals surface area contributed by atoms with Gasteiger partial charge < -0.3 is 9.47 Å². The minimum atomic E-state index is -0.102. The normalized spacial score (nSPS) is 19.1. The van der Waals surface area contributed by atoms with E-state index in [4.69, 9.17) is 9.47 Å². The monoisotopic (exact) mass is 304 g/mol. The number of hydrogen-bond acceptors (Lipinski definition) is 2. The third kappa shape index (κ3) is 5.01. The fourth-order valence-electron chi connectivity index (χ4n) is 3.15. The Bertz CT molecular complexity index is 418. The SMILES string of the molecule is CCC(C)c1ccc(OC(OC(C)C)C2CCCCC2)cc1. The Hall–Kier alpha value is -1.02. The molecule has 0 aliphatic heterocycles. The lowest BCUT2D eigenvalue weighted by atomic mass is 9.88. The van der Waals surface area contributed by atoms with Gasteiger partial charge in [0.2, 0.25) is 6.29 Å². The molecule has 2 heteroatoms. The average molecular weight is 304 g/mol. The topological polar surface area (TPSA) is 18.5 Å². The summed E-state index contributed by atoms with van der Waals surface area (Å²) in [7, 11) is 0. The van der Waals surface area contributed by atoms with E-state index in [1.165, 1.54) is 44.1 Å². The van der Waals surface area contributed by atoms with Gasteiger partial charge in [0.1, 0.15) is 5.75 Å². The molecule has 0 N–H and O–H groups in total. The molecule has 1 aromatic carbocycles. The third-order valence-corrected chi connectivity index (χ3v) is 4.75. The van der Waals surface area contributed by atoms with Gasteiger partial charge in [0.05, 0.1) is 6.10 Å². The van der Waals surface area contributed by atoms with Crippen LogP contribution in [0.25, 0.3) is 0 Å². The van der Waals surface area contributed by atoms with E-state index in [9.17, 15) is 0 Å². The maximum Gasteiger partial charge on any atom is 0.202 e. The van der Waals surface area contributed by atoms with Crippen LogP contribution in [0.5, 0.6) is 5.75 Å². The summed E-state index contributed by atoms with van der Waals surface area (Å²) < 4.78 is 12.3. The van der Waals surface area contributed by atoms with Crippen molar-refractivity contribution in [3.63, 3.8) is 0 Å². The molecule has 0 amide bonds. The smallest absolute Gasteiger partial charge is 0.202 e. The van der Waals surface area contributed by atoms with Crippen molar-refractivity contribution >= 4 is 0 Å². The molecule has 0 spiro atoms. The predicted molar refractivity (Wildman–Crippen MR) is 92.4 cm³/mol. The molecule has 0 saturated heterocycles. The zero-order valence-electron chi connectivity index (χ0n) is 14.7. The Morgan fingerprint density at radius 2 is 1.64 bits per heavy atom. The summed E-state index contributed by atoms with van der Waals surface area (Å²) in [4.78, 5) is 0. The van der Waals surface area contributed by atoms with Crippen LogP contribution in [0, 0.1) is 5.92 Å². The Balaban J connectivity index is 2.02. The van der Waals surface area contributed by atoms with E-state index in [0.29, 0.717) is 11.8 Å². The molecule has 124 valence electrons. The van der Waals surface area contributed by atoms with Gasteiger partial charge in [0.25, 0.3) is 0 Å². The maximum absolute atomic E-state index is 6.21. The van der Waals surface area contributed by atoms with Gasteiger partial charge in [-0.05, 0) is 56.7 Å². The summed E-state index contributed by atoms with van der Waals surface area (Å²) in [6, 6.07) is 8.58. The van der Waals surface area contributed by atoms with Crippen LogP contribution in [0.1, 0.15) is 77.7 Å². The van der Waals surface area contributed by atoms with Crippen LogP contribution >= 0.6 is 0 Å². The Labute approximate surface area is 136 Å². The quantitative estimate of drug-likeness (QED) is 0.583. The first-order valence-corrected chi connectivity index (χ1v) is 9.02. The fourth-order valence-corrected chi connectivity index (χ4v) is 3.15. The minimum Gasteiger partial charge on any atom is -0.465 e. The van der Waals surface area contributed by atoms with Crippen LogP contribution in [-0.2, 0) is 4.74 Å². The standard InChI is InChI=1S/C20H32O2/c1-5-16(4)17-11-13-19(14-12-17)22-20(21-15(2)3)18-9-7-6-8-10-18/h11-16,18,20H,5-10H2,1-4H3. The first-order chi connectivity index (χ1) is 10.6. The summed E-state index contributed by atoms with van der Waals surface area (Å²) in [6.07, 6.45) is 7.68. The van der Waals surface area contributed by atoms with Gasteiger partial charge in [0.15, 0.2) is 0 Å². The van der Waals surface area contributed by atoms with Crippen LogP contribution in [0.4, 0.5) is 0 Å². The van der Waals surface area contributed by atoms with Crippen LogP contribution in [-0.4, -0.2) is 12.4 Å². The van der Waals surface area contributed by atoms with Gasteiger partial charge >= 0.3 is 0 Å². The third-order valence-electron chi connectivity index (χ3n) is 4.75. The molecule has 1 aliphatic carbocycles. The van der Waals surface area contributed by atoms with E-state index < -0.39 is 0 Å². The van der Waals surface area contributed by atoms with Crippen molar-refractivity contribution in [1.29, 1.82) is 0 Å². The maximum atomic E-state index is 6.21. The van der Waals surface area contributed by atoms with Crippen molar-refractivity contribution < 1.29 is 9.47 Å². The fraction of sp³-hybridized carbons (Fsp3) is 0.700. The van der Waals surface area contributed by atoms with Crippen LogP contribution in [0.15, 0.2) is 24.3 Å². The molecule has 1 aliphatic rings. The number of benzene rings is 1. The number of ether oxygens (including phenoxy) is 2. The summed E-state index contributed by atoms with van der Waals surface area (Å²) in [5, 5.41) is 0. The highest BCUT2D eigenvalue weighted by Crippen LogP contribution is 2.31. The molecule has 0 aromatic heterocycles. The van der Waals surface area contributed by atoms with Crippen molar-refractivity contribution in [3.05, 3.63) is 29.8 Å². The van der Waals surface area contributed by atoms with E-state index in [1.54, 1.807) is 0 Å². The van der Waals surface area contributed by atoms with Gasteiger partial charge in [-0.1, -0.05) is 45.2 Å². The van der Waals surface area contributed by atoms with Crippen molar-refractivity contribution in [1.82, 2.24) is 0 Å². The first-order valence-electron chi connectivity index (χ1n) is 9.02. The summed E-state index contributed by atoms with van der Waals surface area (Å²) in [6.45, 7) is 8.67. The van der Waals surface area contributed by atoms with Gasteiger partial charge in [0, 0.05) is 5.92 Å². The molecule has 1 fully saturated rings. The molecule has 1 aromatic rings. The van der Waals surface area contributed by atoms with E-state index in [1.807, 2.05) is 0 Å². The lowest BCUT2D eigenvalue weighted by Gasteiger charge is -2.31. The average Bonchev–Trinajstić information content (AvgIpc) is 2.54. The molecule has 2 unspecified atom stereocenters. The second kappa shape index (κ2) is 8.57. The molecule has 0 bridgehead atoms. The molecular weight excluding hydrogens is 272 g/mol. The molecule has 22 heavy (non-hydrogen) atoms. The number of hydrogen-bond donors (Lipinski definition) is 0. The first kappa shape index (κ1) is 17.3. The molecule has 2 nitrogen and oxygen atoms in total. The molecule has 0 radical (unpaired) electrons. The predicted octanol–water partition coefficient (Wildman–Crippen LogP) is 5.91. The van der Waals surface area contributed by atoms with Gasteiger partial charge in [-0.25, -0.2) is 0 Å². The van der Waals surface area contributed by atoms with Crippen molar-refractivity contribution in [2.24, 2.45) is 5.92 Å². The Morgan fingerprint density at radius 3 is 2.18 bits per heavy atom. The van der Waals surface area contributed by atoms with Crippen molar-refractivity contribution in [2.45, 2.75) is 84.5 Å². The van der Waals surface area contributed by atoms with Crippen molar-refractivity contribution in [3.8, 4) is 5.75 Å². The molecule has 1 saturated carbocycles. The lowest BCUT2D eigenvalue weighted by molar-refractivity contribution is -0.145. The summed E-state index contributed by atoms with van der Waals surface area (Å²) in [5.74, 6) is 2.07. The Kier molecular flexibility index (Phi) is 6.75. The molecule has 2 atom stereocenters. The highest BCUT2D eigenvalue weighted by molar-refractivity contribution is 5.29. The van der Waals surface area contributed by atoms with E-state index in [2.05, 4.69) is 52.0 Å². The van der Waals surface area contributed by atoms with Gasteiger partial charge in [-0.15, -0.1) is 0 Å². The largest absolute Gasteiger partial charge is 0.465 e. The lowest BCUT2D eigenvalue weighted by Crippen LogP contribution is -2.33. The highest BCUT2D eigenvalue weighted by Gasteiger charge is 2.27. The van der Waals surface area contributed by atoms with Crippen molar-refractivity contribution in [2.75, 3.05) is 0 Å². The van der Waals surface area contributed by atoms with Gasteiger partial charge in [-0.2, -0.15) is 0 Å². The number of rotatable bonds is 7. The summed E-state index contributed by atoms with van der Waals surface area (Å²) >= 11 is 0. The molecule has 2 rings (SSSR count).